The Bertz CT molecular complexity index is 1260. The lowest BCUT2D eigenvalue weighted by Gasteiger charge is -2.23. The van der Waals surface area contributed by atoms with Crippen LogP contribution in [0.3, 0.4) is 0 Å². The van der Waals surface area contributed by atoms with Crippen molar-refractivity contribution in [1.82, 2.24) is 0 Å². The van der Waals surface area contributed by atoms with Gasteiger partial charge in [-0.15, -0.1) is 0 Å². The van der Waals surface area contributed by atoms with Gasteiger partial charge in [-0.3, -0.25) is 9.10 Å². The van der Waals surface area contributed by atoms with E-state index in [1.165, 1.54) is 23.7 Å². The van der Waals surface area contributed by atoms with Crippen molar-refractivity contribution < 1.29 is 17.9 Å². The van der Waals surface area contributed by atoms with Crippen LogP contribution in [0.1, 0.15) is 27.0 Å². The zero-order valence-corrected chi connectivity index (χ0v) is 19.9. The predicted octanol–water partition coefficient (Wildman–Crippen LogP) is 5.18. The molecule has 8 heteroatoms. The van der Waals surface area contributed by atoms with Crippen LogP contribution in [0.15, 0.2) is 60.7 Å². The van der Waals surface area contributed by atoms with Gasteiger partial charge in [0.1, 0.15) is 5.75 Å². The molecule has 3 aromatic rings. The number of ether oxygens (including phenoxy) is 1. The molecule has 0 aliphatic rings. The van der Waals surface area contributed by atoms with E-state index in [9.17, 15) is 13.2 Å². The minimum Gasteiger partial charge on any atom is -0.496 e. The molecule has 3 aromatic carbocycles. The van der Waals surface area contributed by atoms with Gasteiger partial charge in [-0.2, -0.15) is 0 Å². The number of sulfonamides is 1. The van der Waals surface area contributed by atoms with E-state index in [0.717, 1.165) is 16.7 Å². The van der Waals surface area contributed by atoms with Crippen LogP contribution in [0.2, 0.25) is 5.02 Å². The summed E-state index contributed by atoms with van der Waals surface area (Å²) in [6.45, 7) is 4.05. The molecule has 168 valence electrons. The molecule has 3 rings (SSSR count). The first-order valence-corrected chi connectivity index (χ1v) is 12.1. The lowest BCUT2D eigenvalue weighted by atomic mass is 10.1. The van der Waals surface area contributed by atoms with Crippen LogP contribution in [0.5, 0.6) is 5.75 Å². The second-order valence-electron chi connectivity index (χ2n) is 7.54. The van der Waals surface area contributed by atoms with Gasteiger partial charge in [0.05, 0.1) is 31.2 Å². The minimum atomic E-state index is -3.52. The third-order valence-corrected chi connectivity index (χ3v) is 6.47. The van der Waals surface area contributed by atoms with Crippen molar-refractivity contribution in [2.24, 2.45) is 0 Å². The molecular formula is C24H25ClN2O4S. The summed E-state index contributed by atoms with van der Waals surface area (Å²) in [6.07, 6.45) is 1.18. The van der Waals surface area contributed by atoms with E-state index < -0.39 is 10.0 Å². The average Bonchev–Trinajstić information content (AvgIpc) is 2.73. The second kappa shape index (κ2) is 9.63. The van der Waals surface area contributed by atoms with Crippen molar-refractivity contribution in [3.8, 4) is 5.75 Å². The first-order chi connectivity index (χ1) is 15.1. The second-order valence-corrected chi connectivity index (χ2v) is 9.88. The minimum absolute atomic E-state index is 0.130. The van der Waals surface area contributed by atoms with E-state index in [1.807, 2.05) is 32.0 Å². The van der Waals surface area contributed by atoms with Crippen molar-refractivity contribution in [2.75, 3.05) is 23.0 Å². The Morgan fingerprint density at radius 3 is 2.44 bits per heavy atom. The van der Waals surface area contributed by atoms with Gasteiger partial charge in [0, 0.05) is 10.7 Å². The molecule has 0 heterocycles. The Morgan fingerprint density at radius 1 is 1.03 bits per heavy atom. The maximum atomic E-state index is 12.8. The number of carbonyl (C=O) groups excluding carboxylic acids is 1. The molecule has 0 fully saturated rings. The molecule has 0 saturated heterocycles. The number of carbonyl (C=O) groups is 1. The fourth-order valence-electron chi connectivity index (χ4n) is 3.25. The molecule has 0 saturated carbocycles. The summed E-state index contributed by atoms with van der Waals surface area (Å²) in [5.74, 6) is 0.0247. The van der Waals surface area contributed by atoms with E-state index in [-0.39, 0.29) is 12.5 Å². The highest BCUT2D eigenvalue weighted by Gasteiger charge is 2.19. The topological polar surface area (TPSA) is 75.7 Å². The van der Waals surface area contributed by atoms with E-state index >= 15 is 0 Å². The monoisotopic (exact) mass is 472 g/mol. The normalized spacial score (nSPS) is 11.2. The summed E-state index contributed by atoms with van der Waals surface area (Å²) in [5, 5.41) is 3.24. The molecule has 0 atom stereocenters. The van der Waals surface area contributed by atoms with Crippen LogP contribution in [0.25, 0.3) is 0 Å². The molecular weight excluding hydrogens is 448 g/mol. The number of nitrogens with zero attached hydrogens (tertiary/aromatic N) is 1. The van der Waals surface area contributed by atoms with Gasteiger partial charge in [-0.1, -0.05) is 29.8 Å². The molecule has 0 aliphatic carbocycles. The fraction of sp³-hybridized carbons (Fsp3) is 0.208. The van der Waals surface area contributed by atoms with Crippen LogP contribution in [0, 0.1) is 13.8 Å². The number of nitrogens with one attached hydrogen (secondary N) is 1. The Balaban J connectivity index is 1.87. The summed E-state index contributed by atoms with van der Waals surface area (Å²) in [7, 11) is -2.04. The van der Waals surface area contributed by atoms with E-state index in [2.05, 4.69) is 5.32 Å². The zero-order valence-electron chi connectivity index (χ0n) is 18.3. The Morgan fingerprint density at radius 2 is 1.78 bits per heavy atom. The third-order valence-electron chi connectivity index (χ3n) is 5.10. The molecule has 0 unspecified atom stereocenters. The summed E-state index contributed by atoms with van der Waals surface area (Å²) in [4.78, 5) is 12.8. The highest BCUT2D eigenvalue weighted by molar-refractivity contribution is 7.92. The number of methoxy groups -OCH3 is 1. The fourth-order valence-corrected chi connectivity index (χ4v) is 4.30. The quantitative estimate of drug-likeness (QED) is 0.513. The molecule has 6 nitrogen and oxygen atoms in total. The van der Waals surface area contributed by atoms with Gasteiger partial charge in [0.2, 0.25) is 10.0 Å². The third kappa shape index (κ3) is 5.60. The van der Waals surface area contributed by atoms with E-state index in [0.29, 0.717) is 27.7 Å². The summed E-state index contributed by atoms with van der Waals surface area (Å²) in [5.41, 5.74) is 4.25. The van der Waals surface area contributed by atoms with Crippen molar-refractivity contribution in [3.05, 3.63) is 87.9 Å². The van der Waals surface area contributed by atoms with Crippen LogP contribution in [-0.2, 0) is 16.6 Å². The van der Waals surface area contributed by atoms with Gasteiger partial charge in [-0.05, 0) is 73.0 Å². The number of amides is 1. The van der Waals surface area contributed by atoms with Crippen molar-refractivity contribution in [2.45, 2.75) is 20.4 Å². The number of aryl methyl sites for hydroxylation is 2. The van der Waals surface area contributed by atoms with E-state index in [4.69, 9.17) is 16.3 Å². The van der Waals surface area contributed by atoms with Crippen molar-refractivity contribution in [1.29, 1.82) is 0 Å². The highest BCUT2D eigenvalue weighted by atomic mass is 35.5. The molecule has 1 N–H and O–H groups in total. The number of anilines is 2. The van der Waals surface area contributed by atoms with E-state index in [1.54, 1.807) is 36.4 Å². The average molecular weight is 473 g/mol. The van der Waals surface area contributed by atoms with Gasteiger partial charge in [-0.25, -0.2) is 8.42 Å². The van der Waals surface area contributed by atoms with Crippen LogP contribution in [-0.4, -0.2) is 27.7 Å². The molecule has 32 heavy (non-hydrogen) atoms. The van der Waals surface area contributed by atoms with Crippen LogP contribution in [0.4, 0.5) is 11.4 Å². The Kier molecular flexibility index (Phi) is 7.11. The number of hydrogen-bond acceptors (Lipinski definition) is 4. The maximum absolute atomic E-state index is 12.8. The zero-order chi connectivity index (χ0) is 23.5. The first-order valence-electron chi connectivity index (χ1n) is 9.87. The van der Waals surface area contributed by atoms with Crippen LogP contribution < -0.4 is 14.4 Å². The summed E-state index contributed by atoms with van der Waals surface area (Å²) >= 11 is 6.03. The van der Waals surface area contributed by atoms with Gasteiger partial charge < -0.3 is 10.1 Å². The largest absolute Gasteiger partial charge is 0.496 e. The SMILES string of the molecule is COc1ccc(Cl)cc1C(=O)Nc1cccc(CN(c2ccc(C)c(C)c2)S(C)(=O)=O)c1. The van der Waals surface area contributed by atoms with Gasteiger partial charge in [0.25, 0.3) is 5.91 Å². The smallest absolute Gasteiger partial charge is 0.259 e. The summed E-state index contributed by atoms with van der Waals surface area (Å²) in [6, 6.07) is 17.4. The standard InChI is InChI=1S/C24H25ClN2O4S/c1-16-8-10-21(12-17(16)2)27(32(4,29)30)15-18-6-5-7-20(13-18)26-24(28)22-14-19(25)9-11-23(22)31-3/h5-14H,15H2,1-4H3,(H,26,28). The Hall–Kier alpha value is -3.03. The predicted molar refractivity (Wildman–Crippen MR) is 129 cm³/mol. The lowest BCUT2D eigenvalue weighted by molar-refractivity contribution is 0.102. The Labute approximate surface area is 193 Å². The molecule has 1 amide bonds. The summed E-state index contributed by atoms with van der Waals surface area (Å²) < 4.78 is 31.6. The van der Waals surface area contributed by atoms with Gasteiger partial charge >= 0.3 is 0 Å². The molecule has 0 radical (unpaired) electrons. The highest BCUT2D eigenvalue weighted by Crippen LogP contribution is 2.26. The number of halogens is 1. The number of rotatable bonds is 7. The van der Waals surface area contributed by atoms with Crippen molar-refractivity contribution >= 4 is 38.9 Å². The molecule has 0 aromatic heterocycles. The lowest BCUT2D eigenvalue weighted by Crippen LogP contribution is -2.29. The first kappa shape index (κ1) is 23.6. The maximum Gasteiger partial charge on any atom is 0.259 e. The molecule has 0 spiro atoms. The number of benzene rings is 3. The van der Waals surface area contributed by atoms with Crippen molar-refractivity contribution in [3.63, 3.8) is 0 Å². The molecule has 0 aliphatic heterocycles. The number of hydrogen-bond donors (Lipinski definition) is 1. The van der Waals surface area contributed by atoms with Gasteiger partial charge in [0.15, 0.2) is 0 Å². The van der Waals surface area contributed by atoms with Crippen LogP contribution >= 0.6 is 11.6 Å². The molecule has 0 bridgehead atoms.